The SMILES string of the molecule is COc1ccc(CCN2CC(C(=O)NCc3nncn3C3CCCCC3)CCC2=O)cc1. The molecule has 1 aliphatic carbocycles. The first kappa shape index (κ1) is 22.3. The number of rotatable bonds is 8. The lowest BCUT2D eigenvalue weighted by Crippen LogP contribution is -2.46. The highest BCUT2D eigenvalue weighted by Gasteiger charge is 2.30. The van der Waals surface area contributed by atoms with Gasteiger partial charge >= 0.3 is 0 Å². The number of benzene rings is 1. The Morgan fingerprint density at radius 3 is 2.69 bits per heavy atom. The van der Waals surface area contributed by atoms with Crippen molar-refractivity contribution in [1.29, 1.82) is 0 Å². The highest BCUT2D eigenvalue weighted by molar-refractivity contribution is 5.83. The number of hydrogen-bond donors (Lipinski definition) is 1. The van der Waals surface area contributed by atoms with E-state index >= 15 is 0 Å². The molecule has 2 aliphatic rings. The van der Waals surface area contributed by atoms with Crippen molar-refractivity contribution in [2.75, 3.05) is 20.2 Å². The quantitative estimate of drug-likeness (QED) is 0.683. The Morgan fingerprint density at radius 1 is 1.16 bits per heavy atom. The van der Waals surface area contributed by atoms with Crippen molar-refractivity contribution in [1.82, 2.24) is 25.0 Å². The Labute approximate surface area is 189 Å². The second kappa shape index (κ2) is 10.6. The van der Waals surface area contributed by atoms with E-state index in [2.05, 4.69) is 20.1 Å². The minimum absolute atomic E-state index is 0.00913. The third-order valence-electron chi connectivity index (χ3n) is 6.74. The lowest BCUT2D eigenvalue weighted by molar-refractivity contribution is -0.138. The summed E-state index contributed by atoms with van der Waals surface area (Å²) in [5.41, 5.74) is 1.15. The molecule has 1 saturated carbocycles. The zero-order valence-corrected chi connectivity index (χ0v) is 18.8. The number of aromatic nitrogens is 3. The fourth-order valence-electron chi connectivity index (χ4n) is 4.77. The van der Waals surface area contributed by atoms with Gasteiger partial charge in [0.15, 0.2) is 5.82 Å². The van der Waals surface area contributed by atoms with Crippen molar-refractivity contribution in [2.24, 2.45) is 5.92 Å². The molecule has 0 bridgehead atoms. The molecule has 1 unspecified atom stereocenters. The van der Waals surface area contributed by atoms with E-state index < -0.39 is 0 Å². The van der Waals surface area contributed by atoms with Crippen LogP contribution < -0.4 is 10.1 Å². The largest absolute Gasteiger partial charge is 0.497 e. The number of hydrogen-bond acceptors (Lipinski definition) is 5. The van der Waals surface area contributed by atoms with Crippen LogP contribution in [0.15, 0.2) is 30.6 Å². The van der Waals surface area contributed by atoms with Crippen molar-refractivity contribution < 1.29 is 14.3 Å². The highest BCUT2D eigenvalue weighted by atomic mass is 16.5. The second-order valence-corrected chi connectivity index (χ2v) is 8.84. The summed E-state index contributed by atoms with van der Waals surface area (Å²) in [5, 5.41) is 11.4. The van der Waals surface area contributed by atoms with Crippen LogP contribution in [0.2, 0.25) is 0 Å². The van der Waals surface area contributed by atoms with E-state index in [1.807, 2.05) is 29.2 Å². The third kappa shape index (κ3) is 5.47. The van der Waals surface area contributed by atoms with Crippen LogP contribution >= 0.6 is 0 Å². The molecule has 2 fully saturated rings. The molecule has 2 aromatic rings. The Morgan fingerprint density at radius 2 is 1.94 bits per heavy atom. The van der Waals surface area contributed by atoms with Crippen molar-refractivity contribution in [3.63, 3.8) is 0 Å². The van der Waals surface area contributed by atoms with E-state index in [0.29, 0.717) is 38.5 Å². The average molecular weight is 440 g/mol. The molecule has 172 valence electrons. The zero-order valence-electron chi connectivity index (χ0n) is 18.8. The number of ether oxygens (including phenoxy) is 1. The Kier molecular flexibility index (Phi) is 7.39. The molecule has 1 aromatic carbocycles. The van der Waals surface area contributed by atoms with Gasteiger partial charge in [0.25, 0.3) is 0 Å². The number of nitrogens with one attached hydrogen (secondary N) is 1. The normalized spacial score (nSPS) is 19.7. The van der Waals surface area contributed by atoms with Gasteiger partial charge in [-0.1, -0.05) is 31.4 Å². The van der Waals surface area contributed by atoms with Crippen LogP contribution in [0, 0.1) is 5.92 Å². The van der Waals surface area contributed by atoms with Crippen LogP contribution in [0.1, 0.15) is 62.4 Å². The summed E-state index contributed by atoms with van der Waals surface area (Å²) in [7, 11) is 1.65. The predicted molar refractivity (Wildman–Crippen MR) is 120 cm³/mol. The van der Waals surface area contributed by atoms with E-state index in [-0.39, 0.29) is 17.7 Å². The number of amides is 2. The lowest BCUT2D eigenvalue weighted by atomic mass is 9.95. The summed E-state index contributed by atoms with van der Waals surface area (Å²) in [5.74, 6) is 1.56. The maximum Gasteiger partial charge on any atom is 0.225 e. The van der Waals surface area contributed by atoms with E-state index in [9.17, 15) is 9.59 Å². The van der Waals surface area contributed by atoms with Gasteiger partial charge in [-0.15, -0.1) is 10.2 Å². The first-order valence-electron chi connectivity index (χ1n) is 11.7. The van der Waals surface area contributed by atoms with Crippen LogP contribution in [0.4, 0.5) is 0 Å². The van der Waals surface area contributed by atoms with Gasteiger partial charge in [0.05, 0.1) is 19.6 Å². The summed E-state index contributed by atoms with van der Waals surface area (Å²) >= 11 is 0. The number of carbonyl (C=O) groups is 2. The van der Waals surface area contributed by atoms with Gasteiger partial charge in [0, 0.05) is 25.6 Å². The lowest BCUT2D eigenvalue weighted by Gasteiger charge is -2.32. The van der Waals surface area contributed by atoms with Crippen LogP contribution in [0.3, 0.4) is 0 Å². The molecule has 1 aromatic heterocycles. The molecule has 1 aliphatic heterocycles. The fourth-order valence-corrected chi connectivity index (χ4v) is 4.77. The maximum absolute atomic E-state index is 12.9. The summed E-state index contributed by atoms with van der Waals surface area (Å²) in [4.78, 5) is 27.1. The molecular formula is C24H33N5O3. The average Bonchev–Trinajstić information content (AvgIpc) is 3.31. The summed E-state index contributed by atoms with van der Waals surface area (Å²) in [6.45, 7) is 1.46. The van der Waals surface area contributed by atoms with Gasteiger partial charge in [-0.3, -0.25) is 9.59 Å². The molecule has 2 heterocycles. The van der Waals surface area contributed by atoms with E-state index in [1.165, 1.54) is 19.3 Å². The van der Waals surface area contributed by atoms with Crippen molar-refractivity contribution in [2.45, 2.75) is 64.0 Å². The Balaban J connectivity index is 1.28. The Hall–Kier alpha value is -2.90. The Bertz CT molecular complexity index is 905. The van der Waals surface area contributed by atoms with Crippen LogP contribution in [-0.2, 0) is 22.6 Å². The summed E-state index contributed by atoms with van der Waals surface area (Å²) in [6, 6.07) is 8.32. The number of piperidine rings is 1. The minimum Gasteiger partial charge on any atom is -0.497 e. The van der Waals surface area contributed by atoms with Gasteiger partial charge in [-0.25, -0.2) is 0 Å². The van der Waals surface area contributed by atoms with Gasteiger partial charge in [0.1, 0.15) is 12.1 Å². The first-order valence-corrected chi connectivity index (χ1v) is 11.7. The van der Waals surface area contributed by atoms with Crippen LogP contribution in [-0.4, -0.2) is 51.7 Å². The topological polar surface area (TPSA) is 89.3 Å². The summed E-state index contributed by atoms with van der Waals surface area (Å²) in [6.07, 6.45) is 9.61. The second-order valence-electron chi connectivity index (χ2n) is 8.84. The molecule has 0 spiro atoms. The molecule has 32 heavy (non-hydrogen) atoms. The minimum atomic E-state index is -0.186. The van der Waals surface area contributed by atoms with Gasteiger partial charge in [0.2, 0.25) is 11.8 Å². The molecular weight excluding hydrogens is 406 g/mol. The molecule has 8 heteroatoms. The number of methoxy groups -OCH3 is 1. The summed E-state index contributed by atoms with van der Waals surface area (Å²) < 4.78 is 7.32. The number of likely N-dealkylation sites (tertiary alicyclic amines) is 1. The zero-order chi connectivity index (χ0) is 22.3. The van der Waals surface area contributed by atoms with E-state index in [4.69, 9.17) is 4.74 Å². The standard InChI is InChI=1S/C24H33N5O3/c1-32-21-10-7-18(8-11-21)13-14-28-16-19(9-12-23(28)30)24(31)25-15-22-27-26-17-29(22)20-5-3-2-4-6-20/h7-8,10-11,17,19-20H,2-6,9,12-16H2,1H3,(H,25,31). The monoisotopic (exact) mass is 439 g/mol. The fraction of sp³-hybridized carbons (Fsp3) is 0.583. The number of carbonyl (C=O) groups excluding carboxylic acids is 2. The molecule has 8 nitrogen and oxygen atoms in total. The van der Waals surface area contributed by atoms with E-state index in [0.717, 1.165) is 36.4 Å². The van der Waals surface area contributed by atoms with Crippen molar-refractivity contribution in [3.05, 3.63) is 42.0 Å². The van der Waals surface area contributed by atoms with Crippen LogP contribution in [0.5, 0.6) is 5.75 Å². The van der Waals surface area contributed by atoms with Gasteiger partial charge < -0.3 is 19.5 Å². The molecule has 2 amide bonds. The first-order chi connectivity index (χ1) is 15.6. The molecule has 1 N–H and O–H groups in total. The van der Waals surface area contributed by atoms with Gasteiger partial charge in [-0.05, 0) is 43.4 Å². The predicted octanol–water partition coefficient (Wildman–Crippen LogP) is 2.89. The maximum atomic E-state index is 12.9. The number of nitrogens with zero attached hydrogens (tertiary/aromatic N) is 4. The molecule has 1 saturated heterocycles. The highest BCUT2D eigenvalue weighted by Crippen LogP contribution is 2.28. The molecule has 4 rings (SSSR count). The third-order valence-corrected chi connectivity index (χ3v) is 6.74. The molecule has 1 atom stereocenters. The van der Waals surface area contributed by atoms with E-state index in [1.54, 1.807) is 13.4 Å². The van der Waals surface area contributed by atoms with Crippen molar-refractivity contribution in [3.8, 4) is 5.75 Å². The van der Waals surface area contributed by atoms with Crippen molar-refractivity contribution >= 4 is 11.8 Å². The molecule has 0 radical (unpaired) electrons. The smallest absolute Gasteiger partial charge is 0.225 e. The van der Waals surface area contributed by atoms with Gasteiger partial charge in [-0.2, -0.15) is 0 Å². The van der Waals surface area contributed by atoms with Crippen LogP contribution in [0.25, 0.3) is 0 Å².